The van der Waals surface area contributed by atoms with E-state index in [4.69, 9.17) is 10.5 Å². The maximum atomic E-state index is 11.0. The maximum absolute atomic E-state index is 11.0. The number of nitrogens with two attached hydrogens (primary N) is 1. The molecule has 33 heavy (non-hydrogen) atoms. The van der Waals surface area contributed by atoms with Crippen molar-refractivity contribution in [1.29, 1.82) is 0 Å². The van der Waals surface area contributed by atoms with E-state index in [1.165, 1.54) is 10.4 Å². The number of nitrogen functional groups attached to an aromatic ring is 1. The molecule has 0 radical (unpaired) electrons. The zero-order chi connectivity index (χ0) is 22.9. The number of benzene rings is 1. The van der Waals surface area contributed by atoms with Crippen LogP contribution >= 0.6 is 23.1 Å². The molecule has 1 fully saturated rings. The lowest BCUT2D eigenvalue weighted by atomic mass is 9.86. The highest BCUT2D eigenvalue weighted by atomic mass is 32.2. The van der Waals surface area contributed by atoms with Gasteiger partial charge in [-0.1, -0.05) is 12.7 Å². The Kier molecular flexibility index (Phi) is 6.47. The predicted molar refractivity (Wildman–Crippen MR) is 139 cm³/mol. The van der Waals surface area contributed by atoms with Crippen LogP contribution in [-0.2, 0) is 12.8 Å². The van der Waals surface area contributed by atoms with Gasteiger partial charge in [-0.25, -0.2) is 9.97 Å². The molecule has 2 unspecified atom stereocenters. The summed E-state index contributed by atoms with van der Waals surface area (Å²) in [5.74, 6) is 3.87. The molecule has 7 nitrogen and oxygen atoms in total. The second-order valence-electron chi connectivity index (χ2n) is 8.48. The van der Waals surface area contributed by atoms with Crippen LogP contribution in [0, 0.1) is 5.92 Å². The molecule has 4 N–H and O–H groups in total. The molecule has 2 atom stereocenters. The molecule has 0 amide bonds. The quantitative estimate of drug-likeness (QED) is 0.450. The van der Waals surface area contributed by atoms with Crippen molar-refractivity contribution in [2.24, 2.45) is 5.92 Å². The molecule has 5 rings (SSSR count). The number of thioether (sulfide) groups is 1. The van der Waals surface area contributed by atoms with Crippen molar-refractivity contribution >= 4 is 56.6 Å². The Morgan fingerprint density at radius 2 is 2.15 bits per heavy atom. The van der Waals surface area contributed by atoms with Gasteiger partial charge in [-0.05, 0) is 36.5 Å². The molecule has 1 aliphatic carbocycles. The van der Waals surface area contributed by atoms with Gasteiger partial charge in [0.1, 0.15) is 29.0 Å². The molecular formula is C24H29N5O2S2. The van der Waals surface area contributed by atoms with E-state index in [9.17, 15) is 5.11 Å². The lowest BCUT2D eigenvalue weighted by Crippen LogP contribution is -2.46. The van der Waals surface area contributed by atoms with Gasteiger partial charge in [0.25, 0.3) is 0 Å². The minimum atomic E-state index is -0.371. The van der Waals surface area contributed by atoms with Crippen molar-refractivity contribution in [3.8, 4) is 5.75 Å². The van der Waals surface area contributed by atoms with Crippen LogP contribution in [0.1, 0.15) is 22.4 Å². The Bertz CT molecular complexity index is 1180. The molecule has 0 saturated carbocycles. The van der Waals surface area contributed by atoms with E-state index in [0.717, 1.165) is 71.1 Å². The number of aliphatic hydroxyl groups excluding tert-OH is 1. The molecule has 174 valence electrons. The summed E-state index contributed by atoms with van der Waals surface area (Å²) in [5.41, 5.74) is 9.64. The average molecular weight is 484 g/mol. The number of methoxy groups -OCH3 is 1. The topological polar surface area (TPSA) is 96.5 Å². The first-order chi connectivity index (χ1) is 16.1. The van der Waals surface area contributed by atoms with Crippen molar-refractivity contribution < 1.29 is 9.84 Å². The van der Waals surface area contributed by atoms with E-state index < -0.39 is 0 Å². The Morgan fingerprint density at radius 1 is 1.33 bits per heavy atom. The highest BCUT2D eigenvalue weighted by Gasteiger charge is 2.32. The van der Waals surface area contributed by atoms with Crippen molar-refractivity contribution in [2.75, 3.05) is 42.8 Å². The number of nitrogens with zero attached hydrogens (tertiary/aromatic N) is 3. The molecule has 3 aromatic rings. The van der Waals surface area contributed by atoms with Gasteiger partial charge in [0.2, 0.25) is 0 Å². The lowest BCUT2D eigenvalue weighted by Gasteiger charge is -2.37. The van der Waals surface area contributed by atoms with Gasteiger partial charge in [0, 0.05) is 47.1 Å². The summed E-state index contributed by atoms with van der Waals surface area (Å²) in [6, 6.07) is 3.73. The highest BCUT2D eigenvalue weighted by molar-refractivity contribution is 7.99. The van der Waals surface area contributed by atoms with Crippen LogP contribution in [0.25, 0.3) is 16.3 Å². The molecule has 0 bridgehead atoms. The second-order valence-corrected chi connectivity index (χ2v) is 10.8. The first kappa shape index (κ1) is 22.5. The van der Waals surface area contributed by atoms with Gasteiger partial charge in [-0.15, -0.1) is 11.3 Å². The number of ether oxygens (including phenoxy) is 1. The lowest BCUT2D eigenvalue weighted by molar-refractivity contribution is -0.0383. The summed E-state index contributed by atoms with van der Waals surface area (Å²) < 4.78 is 5.55. The Morgan fingerprint density at radius 3 is 2.91 bits per heavy atom. The number of aliphatic hydroxyl groups is 1. The number of anilines is 3. The zero-order valence-corrected chi connectivity index (χ0v) is 20.3. The average Bonchev–Trinajstić information content (AvgIpc) is 3.23. The van der Waals surface area contributed by atoms with E-state index in [2.05, 4.69) is 26.8 Å². The highest BCUT2D eigenvalue weighted by Crippen LogP contribution is 2.42. The largest absolute Gasteiger partial charge is 0.494 e. The van der Waals surface area contributed by atoms with E-state index in [1.807, 2.05) is 17.8 Å². The molecular weight excluding hydrogens is 454 g/mol. The molecule has 2 aliphatic rings. The number of nitrogens with one attached hydrogen (secondary N) is 1. The number of hydrogen-bond acceptors (Lipinski definition) is 9. The van der Waals surface area contributed by atoms with E-state index in [1.54, 1.807) is 36.9 Å². The van der Waals surface area contributed by atoms with Crippen LogP contribution in [0.2, 0.25) is 0 Å². The number of fused-ring (bicyclic) bond motifs is 3. The molecule has 9 heteroatoms. The SMILES string of the molecule is C=Cc1cc(Nc2ncnc3sc4c(c23)CCC(C(O)N2CCSCC2)C4)c(OC)cc1N. The smallest absolute Gasteiger partial charge is 0.144 e. The molecule has 1 aliphatic heterocycles. The van der Waals surface area contributed by atoms with Crippen molar-refractivity contribution in [1.82, 2.24) is 14.9 Å². The number of aromatic nitrogens is 2. The fourth-order valence-corrected chi connectivity index (χ4v) is 7.02. The van der Waals surface area contributed by atoms with E-state index >= 15 is 0 Å². The summed E-state index contributed by atoms with van der Waals surface area (Å²) in [4.78, 5) is 13.7. The Balaban J connectivity index is 1.45. The van der Waals surface area contributed by atoms with Gasteiger partial charge >= 0.3 is 0 Å². The van der Waals surface area contributed by atoms with Gasteiger partial charge < -0.3 is 20.9 Å². The van der Waals surface area contributed by atoms with Crippen LogP contribution in [0.4, 0.5) is 17.2 Å². The third-order valence-corrected chi connectivity index (χ3v) is 8.71. The van der Waals surface area contributed by atoms with Gasteiger partial charge in [0.15, 0.2) is 0 Å². The van der Waals surface area contributed by atoms with Gasteiger partial charge in [-0.2, -0.15) is 11.8 Å². The van der Waals surface area contributed by atoms with Crippen LogP contribution in [0.5, 0.6) is 5.75 Å². The minimum Gasteiger partial charge on any atom is -0.494 e. The fraction of sp³-hybridized carbons (Fsp3) is 0.417. The first-order valence-corrected chi connectivity index (χ1v) is 13.2. The standard InChI is InChI=1S/C24H29N5O2S2/c1-3-14-10-18(19(31-2)12-17(14)25)28-22-21-16-5-4-15(24(30)29-6-8-32-9-7-29)11-20(16)33-23(21)27-13-26-22/h3,10,12-13,15,24,30H,1,4-9,11,25H2,2H3,(H,26,27,28). The third kappa shape index (κ3) is 4.30. The zero-order valence-electron chi connectivity index (χ0n) is 18.7. The molecule has 1 aromatic carbocycles. The summed E-state index contributed by atoms with van der Waals surface area (Å²) in [5, 5.41) is 15.6. The van der Waals surface area contributed by atoms with Crippen LogP contribution in [0.15, 0.2) is 25.0 Å². The third-order valence-electron chi connectivity index (χ3n) is 6.60. The minimum absolute atomic E-state index is 0.255. The van der Waals surface area contributed by atoms with Crippen LogP contribution < -0.4 is 15.8 Å². The van der Waals surface area contributed by atoms with E-state index in [0.29, 0.717) is 11.4 Å². The maximum Gasteiger partial charge on any atom is 0.144 e. The van der Waals surface area contributed by atoms with Crippen molar-refractivity contribution in [3.05, 3.63) is 41.0 Å². The first-order valence-electron chi connectivity index (χ1n) is 11.2. The van der Waals surface area contributed by atoms with Gasteiger partial charge in [0.05, 0.1) is 18.2 Å². The Hall–Kier alpha value is -2.33. The molecule has 1 saturated heterocycles. The van der Waals surface area contributed by atoms with Crippen molar-refractivity contribution in [3.63, 3.8) is 0 Å². The second kappa shape index (κ2) is 9.50. The van der Waals surface area contributed by atoms with Crippen LogP contribution in [-0.4, -0.2) is 57.9 Å². The van der Waals surface area contributed by atoms with E-state index in [-0.39, 0.29) is 12.1 Å². The summed E-state index contributed by atoms with van der Waals surface area (Å²) >= 11 is 3.69. The monoisotopic (exact) mass is 483 g/mol. The number of hydrogen-bond donors (Lipinski definition) is 3. The molecule has 0 spiro atoms. The molecule has 2 aromatic heterocycles. The number of aryl methyl sites for hydroxylation is 1. The number of rotatable bonds is 6. The number of thiophene rings is 1. The van der Waals surface area contributed by atoms with Crippen LogP contribution in [0.3, 0.4) is 0 Å². The Labute approximate surface area is 202 Å². The normalized spacial score (nSPS) is 19.8. The molecule has 3 heterocycles. The summed E-state index contributed by atoms with van der Waals surface area (Å²) in [6.07, 6.45) is 5.72. The fourth-order valence-electron chi connectivity index (χ4n) is 4.81. The van der Waals surface area contributed by atoms with Gasteiger partial charge in [-0.3, -0.25) is 4.90 Å². The predicted octanol–water partition coefficient (Wildman–Crippen LogP) is 4.14. The van der Waals surface area contributed by atoms with Crippen molar-refractivity contribution in [2.45, 2.75) is 25.5 Å². The summed E-state index contributed by atoms with van der Waals surface area (Å²) in [6.45, 7) is 5.79. The summed E-state index contributed by atoms with van der Waals surface area (Å²) in [7, 11) is 1.63.